The van der Waals surface area contributed by atoms with Crippen LogP contribution in [0.15, 0.2) is 22.8 Å². The van der Waals surface area contributed by atoms with Gasteiger partial charge >= 0.3 is 0 Å². The van der Waals surface area contributed by atoms with Crippen LogP contribution in [0.5, 0.6) is 0 Å². The van der Waals surface area contributed by atoms with Crippen LogP contribution in [0.25, 0.3) is 0 Å². The lowest BCUT2D eigenvalue weighted by atomic mass is 9.87. The molecule has 2 rings (SSSR count). The monoisotopic (exact) mass is 307 g/mol. The molecule has 4 nitrogen and oxygen atoms in total. The molecule has 1 saturated heterocycles. The van der Waals surface area contributed by atoms with Crippen molar-refractivity contribution in [2.75, 3.05) is 13.2 Å². The lowest BCUT2D eigenvalue weighted by Gasteiger charge is -2.34. The lowest BCUT2D eigenvalue weighted by molar-refractivity contribution is -0.135. The molecule has 0 saturated carbocycles. The van der Waals surface area contributed by atoms with E-state index in [1.165, 1.54) is 0 Å². The second-order valence-corrected chi connectivity index (χ2v) is 7.24. The molecule has 1 aromatic rings. The van der Waals surface area contributed by atoms with Gasteiger partial charge in [0.2, 0.25) is 5.91 Å². The van der Waals surface area contributed by atoms with Crippen molar-refractivity contribution in [2.45, 2.75) is 58.5 Å². The van der Waals surface area contributed by atoms with Gasteiger partial charge in [0.05, 0.1) is 11.9 Å². The summed E-state index contributed by atoms with van der Waals surface area (Å²) in [6.45, 7) is 9.86. The van der Waals surface area contributed by atoms with Gasteiger partial charge in [0.1, 0.15) is 5.76 Å². The van der Waals surface area contributed by atoms with E-state index < -0.39 is 0 Å². The number of carbonyl (C=O) groups excluding carboxylic acids is 1. The van der Waals surface area contributed by atoms with Crippen LogP contribution in [0.4, 0.5) is 0 Å². The summed E-state index contributed by atoms with van der Waals surface area (Å²) in [4.78, 5) is 12.3. The van der Waals surface area contributed by atoms with E-state index in [4.69, 9.17) is 9.15 Å². The number of hydrogen-bond acceptors (Lipinski definition) is 3. The van der Waals surface area contributed by atoms with Crippen LogP contribution >= 0.6 is 0 Å². The Bertz CT molecular complexity index is 465. The van der Waals surface area contributed by atoms with Crippen LogP contribution in [-0.4, -0.2) is 24.7 Å². The van der Waals surface area contributed by atoms with E-state index in [0.29, 0.717) is 25.0 Å². The molecule has 124 valence electrons. The third-order valence-corrected chi connectivity index (χ3v) is 4.54. The number of furan rings is 1. The number of hydrogen-bond donors (Lipinski definition) is 1. The van der Waals surface area contributed by atoms with Crippen LogP contribution in [0.1, 0.15) is 58.6 Å². The number of rotatable bonds is 6. The van der Waals surface area contributed by atoms with E-state index in [1.807, 2.05) is 12.1 Å². The normalized spacial score (nSPS) is 22.5. The Morgan fingerprint density at radius 3 is 2.82 bits per heavy atom. The Morgan fingerprint density at radius 2 is 2.23 bits per heavy atom. The van der Waals surface area contributed by atoms with Crippen LogP contribution in [0.3, 0.4) is 0 Å². The van der Waals surface area contributed by atoms with Gasteiger partial charge in [0, 0.05) is 25.0 Å². The summed E-state index contributed by atoms with van der Waals surface area (Å²) in [7, 11) is 0. The Morgan fingerprint density at radius 1 is 1.45 bits per heavy atom. The fraction of sp³-hybridized carbons (Fsp3) is 0.722. The lowest BCUT2D eigenvalue weighted by Crippen LogP contribution is -2.41. The Hall–Kier alpha value is -1.29. The minimum absolute atomic E-state index is 0.0739. The molecule has 2 heterocycles. The SMILES string of the molecule is CC(C)[C@H](CCNC(=O)[C@H]1CCOC(C)(C)C1)c1ccco1. The van der Waals surface area contributed by atoms with Crippen molar-refractivity contribution in [3.8, 4) is 0 Å². The van der Waals surface area contributed by atoms with Crippen LogP contribution in [-0.2, 0) is 9.53 Å². The van der Waals surface area contributed by atoms with Crippen LogP contribution < -0.4 is 5.32 Å². The van der Waals surface area contributed by atoms with E-state index >= 15 is 0 Å². The zero-order valence-electron chi connectivity index (χ0n) is 14.2. The minimum Gasteiger partial charge on any atom is -0.469 e. The molecule has 1 aliphatic rings. The van der Waals surface area contributed by atoms with Crippen molar-refractivity contribution in [1.82, 2.24) is 5.32 Å². The van der Waals surface area contributed by atoms with Gasteiger partial charge in [-0.05, 0) is 51.2 Å². The first-order chi connectivity index (χ1) is 10.4. The Labute approximate surface area is 133 Å². The Kier molecular flexibility index (Phi) is 5.68. The molecule has 0 spiro atoms. The van der Waals surface area contributed by atoms with Crippen LogP contribution in [0, 0.1) is 11.8 Å². The van der Waals surface area contributed by atoms with Gasteiger partial charge in [-0.25, -0.2) is 0 Å². The highest BCUT2D eigenvalue weighted by Crippen LogP contribution is 2.29. The summed E-state index contributed by atoms with van der Waals surface area (Å²) in [5, 5.41) is 3.10. The van der Waals surface area contributed by atoms with Crippen molar-refractivity contribution in [2.24, 2.45) is 11.8 Å². The van der Waals surface area contributed by atoms with E-state index in [2.05, 4.69) is 33.0 Å². The van der Waals surface area contributed by atoms with Gasteiger partial charge in [-0.1, -0.05) is 13.8 Å². The fourth-order valence-corrected chi connectivity index (χ4v) is 3.26. The first-order valence-electron chi connectivity index (χ1n) is 8.34. The molecule has 0 aliphatic carbocycles. The highest BCUT2D eigenvalue weighted by atomic mass is 16.5. The van der Waals surface area contributed by atoms with Crippen molar-refractivity contribution in [1.29, 1.82) is 0 Å². The topological polar surface area (TPSA) is 51.5 Å². The molecular formula is C18H29NO3. The minimum atomic E-state index is -0.186. The van der Waals surface area contributed by atoms with Gasteiger partial charge in [0.25, 0.3) is 0 Å². The maximum absolute atomic E-state index is 12.3. The highest BCUT2D eigenvalue weighted by Gasteiger charge is 2.32. The number of amides is 1. The fourth-order valence-electron chi connectivity index (χ4n) is 3.26. The van der Waals surface area contributed by atoms with Crippen LogP contribution in [0.2, 0.25) is 0 Å². The van der Waals surface area contributed by atoms with E-state index in [0.717, 1.165) is 25.0 Å². The van der Waals surface area contributed by atoms with Gasteiger partial charge in [-0.2, -0.15) is 0 Å². The largest absolute Gasteiger partial charge is 0.469 e. The summed E-state index contributed by atoms with van der Waals surface area (Å²) in [6.07, 6.45) is 4.24. The van der Waals surface area contributed by atoms with E-state index in [9.17, 15) is 4.79 Å². The number of ether oxygens (including phenoxy) is 1. The molecule has 1 N–H and O–H groups in total. The van der Waals surface area contributed by atoms with Gasteiger partial charge in [-0.15, -0.1) is 0 Å². The zero-order valence-corrected chi connectivity index (χ0v) is 14.2. The second kappa shape index (κ2) is 7.32. The zero-order chi connectivity index (χ0) is 16.2. The molecule has 0 radical (unpaired) electrons. The molecule has 0 aromatic carbocycles. The predicted molar refractivity (Wildman–Crippen MR) is 86.7 cm³/mol. The predicted octanol–water partition coefficient (Wildman–Crippen LogP) is 3.73. The molecule has 1 amide bonds. The average Bonchev–Trinajstić information content (AvgIpc) is 2.95. The maximum Gasteiger partial charge on any atom is 0.223 e. The smallest absolute Gasteiger partial charge is 0.223 e. The highest BCUT2D eigenvalue weighted by molar-refractivity contribution is 5.78. The first-order valence-corrected chi connectivity index (χ1v) is 8.34. The van der Waals surface area contributed by atoms with Gasteiger partial charge in [0.15, 0.2) is 0 Å². The number of carbonyl (C=O) groups is 1. The molecule has 1 aromatic heterocycles. The number of nitrogens with one attached hydrogen (secondary N) is 1. The average molecular weight is 307 g/mol. The van der Waals surface area contributed by atoms with Crippen molar-refractivity contribution in [3.63, 3.8) is 0 Å². The third-order valence-electron chi connectivity index (χ3n) is 4.54. The summed E-state index contributed by atoms with van der Waals surface area (Å²) >= 11 is 0. The molecule has 22 heavy (non-hydrogen) atoms. The van der Waals surface area contributed by atoms with Gasteiger partial charge < -0.3 is 14.5 Å². The van der Waals surface area contributed by atoms with Crippen molar-refractivity contribution in [3.05, 3.63) is 24.2 Å². The summed E-state index contributed by atoms with van der Waals surface area (Å²) in [5.41, 5.74) is -0.186. The standard InChI is InChI=1S/C18H29NO3/c1-13(2)15(16-6-5-10-21-16)7-9-19-17(20)14-8-11-22-18(3,4)12-14/h5-6,10,13-15H,7-9,11-12H2,1-4H3,(H,19,20)/t14-,15-/m0/s1. The molecule has 1 fully saturated rings. The quantitative estimate of drug-likeness (QED) is 0.871. The summed E-state index contributed by atoms with van der Waals surface area (Å²) in [5.74, 6) is 2.09. The molecule has 1 aliphatic heterocycles. The molecule has 0 bridgehead atoms. The van der Waals surface area contributed by atoms with Gasteiger partial charge in [-0.3, -0.25) is 4.79 Å². The summed E-state index contributed by atoms with van der Waals surface area (Å²) < 4.78 is 11.2. The Balaban J connectivity index is 1.81. The first kappa shape index (κ1) is 17.1. The molecular weight excluding hydrogens is 278 g/mol. The van der Waals surface area contributed by atoms with E-state index in [1.54, 1.807) is 6.26 Å². The third kappa shape index (κ3) is 4.60. The summed E-state index contributed by atoms with van der Waals surface area (Å²) in [6, 6.07) is 3.95. The molecule has 2 atom stereocenters. The van der Waals surface area contributed by atoms with Crippen molar-refractivity contribution < 1.29 is 13.9 Å². The molecule has 0 unspecified atom stereocenters. The molecule has 4 heteroatoms. The van der Waals surface area contributed by atoms with E-state index in [-0.39, 0.29) is 17.4 Å². The second-order valence-electron chi connectivity index (χ2n) is 7.24. The van der Waals surface area contributed by atoms with Crippen molar-refractivity contribution >= 4 is 5.91 Å². The maximum atomic E-state index is 12.3.